The van der Waals surface area contributed by atoms with Crippen molar-refractivity contribution < 1.29 is 4.74 Å². The number of nitrogens with two attached hydrogens (primary N) is 1. The minimum Gasteiger partial charge on any atom is -0.388 e. The summed E-state index contributed by atoms with van der Waals surface area (Å²) in [5, 5.41) is 0. The monoisotopic (exact) mass is 286 g/mol. The average molecular weight is 286 g/mol. The Hall–Kier alpha value is -1.78. The van der Waals surface area contributed by atoms with Crippen LogP contribution in [0.1, 0.15) is 23.2 Å². The van der Waals surface area contributed by atoms with E-state index in [1.165, 1.54) is 5.56 Å². The second kappa shape index (κ2) is 7.72. The molecule has 0 fully saturated rings. The minimum absolute atomic E-state index is 0.316. The van der Waals surface area contributed by atoms with Crippen LogP contribution in [-0.2, 0) is 17.8 Å². The molecule has 2 rings (SSSR count). The molecule has 104 valence electrons. The van der Waals surface area contributed by atoms with Crippen LogP contribution >= 0.6 is 12.2 Å². The molecule has 3 nitrogen and oxygen atoms in total. The van der Waals surface area contributed by atoms with Crippen molar-refractivity contribution in [2.24, 2.45) is 5.73 Å². The van der Waals surface area contributed by atoms with Gasteiger partial charge in [-0.2, -0.15) is 0 Å². The lowest BCUT2D eigenvalue weighted by Crippen LogP contribution is -2.11. The van der Waals surface area contributed by atoms with Crippen molar-refractivity contribution in [2.45, 2.75) is 19.4 Å². The van der Waals surface area contributed by atoms with Gasteiger partial charge in [0.15, 0.2) is 0 Å². The van der Waals surface area contributed by atoms with Gasteiger partial charge in [-0.3, -0.25) is 4.98 Å². The first-order valence-electron chi connectivity index (χ1n) is 6.62. The molecule has 4 heteroatoms. The molecule has 0 saturated heterocycles. The fourth-order valence-electron chi connectivity index (χ4n) is 1.91. The lowest BCUT2D eigenvalue weighted by atomic mass is 10.1. The van der Waals surface area contributed by atoms with Gasteiger partial charge in [0.25, 0.3) is 0 Å². The topological polar surface area (TPSA) is 48.1 Å². The molecule has 1 heterocycles. The fraction of sp³-hybridized carbons (Fsp3) is 0.250. The third-order valence-corrected chi connectivity index (χ3v) is 3.15. The van der Waals surface area contributed by atoms with Crippen molar-refractivity contribution in [2.75, 3.05) is 6.61 Å². The van der Waals surface area contributed by atoms with Gasteiger partial charge in [0, 0.05) is 12.8 Å². The molecule has 0 aliphatic rings. The highest BCUT2D eigenvalue weighted by Crippen LogP contribution is 2.06. The predicted octanol–water partition coefficient (Wildman–Crippen LogP) is 2.87. The van der Waals surface area contributed by atoms with Crippen molar-refractivity contribution in [3.63, 3.8) is 0 Å². The molecule has 0 spiro atoms. The van der Waals surface area contributed by atoms with Gasteiger partial charge in [0.1, 0.15) is 4.99 Å². The predicted molar refractivity (Wildman–Crippen MR) is 84.5 cm³/mol. The Balaban J connectivity index is 1.71. The number of rotatable bonds is 7. The number of thiocarbonyl (C=S) groups is 1. The van der Waals surface area contributed by atoms with E-state index in [1.807, 2.05) is 18.2 Å². The van der Waals surface area contributed by atoms with Gasteiger partial charge in [-0.05, 0) is 36.1 Å². The Labute approximate surface area is 124 Å². The summed E-state index contributed by atoms with van der Waals surface area (Å²) in [7, 11) is 0. The van der Waals surface area contributed by atoms with E-state index in [9.17, 15) is 0 Å². The van der Waals surface area contributed by atoms with Gasteiger partial charge in [0.2, 0.25) is 0 Å². The van der Waals surface area contributed by atoms with E-state index < -0.39 is 0 Å². The Morgan fingerprint density at radius 2 is 1.95 bits per heavy atom. The smallest absolute Gasteiger partial charge is 0.122 e. The zero-order valence-electron chi connectivity index (χ0n) is 11.3. The third kappa shape index (κ3) is 4.72. The molecular weight excluding hydrogens is 268 g/mol. The number of pyridine rings is 1. The zero-order valence-corrected chi connectivity index (χ0v) is 12.1. The van der Waals surface area contributed by atoms with Crippen molar-refractivity contribution in [1.82, 2.24) is 4.98 Å². The quantitative estimate of drug-likeness (QED) is 0.628. The van der Waals surface area contributed by atoms with Crippen LogP contribution in [0.2, 0.25) is 0 Å². The number of nitrogens with zero attached hydrogens (tertiary/aromatic N) is 1. The first kappa shape index (κ1) is 14.6. The third-order valence-electron chi connectivity index (χ3n) is 2.94. The van der Waals surface area contributed by atoms with Gasteiger partial charge in [-0.25, -0.2) is 0 Å². The van der Waals surface area contributed by atoms with E-state index in [0.29, 0.717) is 17.3 Å². The Morgan fingerprint density at radius 1 is 1.15 bits per heavy atom. The Bertz CT molecular complexity index is 557. The summed E-state index contributed by atoms with van der Waals surface area (Å²) in [5.74, 6) is 0. The Morgan fingerprint density at radius 3 is 2.70 bits per heavy atom. The maximum absolute atomic E-state index is 5.66. The van der Waals surface area contributed by atoms with E-state index in [0.717, 1.165) is 25.0 Å². The average Bonchev–Trinajstić information content (AvgIpc) is 2.48. The summed E-state index contributed by atoms with van der Waals surface area (Å²) < 4.78 is 5.66. The van der Waals surface area contributed by atoms with Crippen LogP contribution < -0.4 is 5.73 Å². The van der Waals surface area contributed by atoms with Crippen molar-refractivity contribution in [1.29, 1.82) is 0 Å². The summed E-state index contributed by atoms with van der Waals surface area (Å²) in [6.07, 6.45) is 3.75. The van der Waals surface area contributed by atoms with E-state index in [2.05, 4.69) is 29.2 Å². The molecule has 1 aromatic carbocycles. The van der Waals surface area contributed by atoms with Gasteiger partial charge < -0.3 is 10.5 Å². The zero-order chi connectivity index (χ0) is 14.2. The molecule has 0 aliphatic carbocycles. The van der Waals surface area contributed by atoms with Crippen LogP contribution in [0.4, 0.5) is 0 Å². The molecule has 0 atom stereocenters. The lowest BCUT2D eigenvalue weighted by Gasteiger charge is -2.06. The second-order valence-corrected chi connectivity index (χ2v) is 5.00. The molecule has 0 unspecified atom stereocenters. The van der Waals surface area contributed by atoms with Crippen LogP contribution in [0.15, 0.2) is 48.7 Å². The van der Waals surface area contributed by atoms with Crippen LogP contribution in [0.5, 0.6) is 0 Å². The van der Waals surface area contributed by atoms with Gasteiger partial charge in [-0.15, -0.1) is 0 Å². The summed E-state index contributed by atoms with van der Waals surface area (Å²) in [4.78, 5) is 4.42. The molecule has 0 amide bonds. The number of ether oxygens (including phenoxy) is 1. The standard InChI is InChI=1S/C16H18N2OS/c17-16(20)15-11-14(8-9-18-15)12-19-10-4-7-13-5-2-1-3-6-13/h1-3,5-6,8-9,11H,4,7,10,12H2,(H2,17,20). The van der Waals surface area contributed by atoms with Gasteiger partial charge in [0.05, 0.1) is 12.3 Å². The van der Waals surface area contributed by atoms with E-state index >= 15 is 0 Å². The molecular formula is C16H18N2OS. The van der Waals surface area contributed by atoms with Crippen LogP contribution in [-0.4, -0.2) is 16.6 Å². The highest BCUT2D eigenvalue weighted by atomic mass is 32.1. The molecule has 2 aromatic rings. The summed E-state index contributed by atoms with van der Waals surface area (Å²) in [6, 6.07) is 14.2. The van der Waals surface area contributed by atoms with E-state index in [4.69, 9.17) is 22.7 Å². The van der Waals surface area contributed by atoms with Crippen molar-refractivity contribution in [3.8, 4) is 0 Å². The molecule has 0 bridgehead atoms. The van der Waals surface area contributed by atoms with Gasteiger partial charge >= 0.3 is 0 Å². The second-order valence-electron chi connectivity index (χ2n) is 4.56. The number of hydrogen-bond acceptors (Lipinski definition) is 3. The highest BCUT2D eigenvalue weighted by molar-refractivity contribution is 7.80. The number of hydrogen-bond donors (Lipinski definition) is 1. The molecule has 1 aromatic heterocycles. The summed E-state index contributed by atoms with van der Waals surface area (Å²) in [6.45, 7) is 1.30. The summed E-state index contributed by atoms with van der Waals surface area (Å²) in [5.41, 5.74) is 8.58. The van der Waals surface area contributed by atoms with Gasteiger partial charge in [-0.1, -0.05) is 42.5 Å². The van der Waals surface area contributed by atoms with Crippen LogP contribution in [0.25, 0.3) is 0 Å². The van der Waals surface area contributed by atoms with Crippen molar-refractivity contribution >= 4 is 17.2 Å². The van der Waals surface area contributed by atoms with Crippen LogP contribution in [0.3, 0.4) is 0 Å². The molecule has 0 aliphatic heterocycles. The summed E-state index contributed by atoms with van der Waals surface area (Å²) >= 11 is 4.90. The number of aryl methyl sites for hydroxylation is 1. The molecule has 2 N–H and O–H groups in total. The Kier molecular flexibility index (Phi) is 5.65. The maximum Gasteiger partial charge on any atom is 0.122 e. The number of benzene rings is 1. The number of aromatic nitrogens is 1. The van der Waals surface area contributed by atoms with Crippen molar-refractivity contribution in [3.05, 3.63) is 65.5 Å². The first-order valence-corrected chi connectivity index (χ1v) is 7.03. The lowest BCUT2D eigenvalue weighted by molar-refractivity contribution is 0.118. The molecule has 0 saturated carbocycles. The minimum atomic E-state index is 0.316. The first-order chi connectivity index (χ1) is 9.75. The fourth-order valence-corrected chi connectivity index (χ4v) is 2.02. The van der Waals surface area contributed by atoms with E-state index in [1.54, 1.807) is 6.20 Å². The highest BCUT2D eigenvalue weighted by Gasteiger charge is 2.00. The largest absolute Gasteiger partial charge is 0.388 e. The normalized spacial score (nSPS) is 10.4. The SMILES string of the molecule is NC(=S)c1cc(COCCCc2ccccc2)ccn1. The van der Waals surface area contributed by atoms with Crippen LogP contribution in [0, 0.1) is 0 Å². The molecule has 20 heavy (non-hydrogen) atoms. The van der Waals surface area contributed by atoms with E-state index in [-0.39, 0.29) is 0 Å². The molecule has 0 radical (unpaired) electrons. The maximum atomic E-state index is 5.66.